The van der Waals surface area contributed by atoms with Crippen molar-refractivity contribution in [1.29, 1.82) is 0 Å². The van der Waals surface area contributed by atoms with E-state index in [0.29, 0.717) is 12.3 Å². The minimum atomic E-state index is 0. The summed E-state index contributed by atoms with van der Waals surface area (Å²) in [6.45, 7) is 13.1. The molecule has 0 aromatic rings. The van der Waals surface area contributed by atoms with Crippen molar-refractivity contribution in [3.05, 3.63) is 23.7 Å². The van der Waals surface area contributed by atoms with Gasteiger partial charge in [0.25, 0.3) is 0 Å². The molecule has 5 nitrogen and oxygen atoms in total. The summed E-state index contributed by atoms with van der Waals surface area (Å²) >= 11 is 6.54. The number of aliphatic hydroxyl groups is 2. The number of nitrogens with zero attached hydrogens (tertiary/aromatic N) is 3. The van der Waals surface area contributed by atoms with Gasteiger partial charge in [0, 0.05) is 4.20 Å². The molecule has 0 aliphatic rings. The van der Waals surface area contributed by atoms with E-state index in [9.17, 15) is 0 Å². The Morgan fingerprint density at radius 3 is 0.931 bits per heavy atom. The second-order valence-electron chi connectivity index (χ2n) is 6.24. The molecule has 0 atom stereocenters. The topological polar surface area (TPSA) is 50.2 Å². The minimum absolute atomic E-state index is 0. The van der Waals surface area contributed by atoms with E-state index in [0.717, 1.165) is 4.20 Å². The molecule has 0 bridgehead atoms. The Morgan fingerprint density at radius 1 is 0.690 bits per heavy atom. The van der Waals surface area contributed by atoms with Gasteiger partial charge in [0.1, 0.15) is 0 Å². The van der Waals surface area contributed by atoms with Crippen molar-refractivity contribution in [3.8, 4) is 0 Å². The zero-order valence-corrected chi connectivity index (χ0v) is 48.6. The van der Waals surface area contributed by atoms with Crippen LogP contribution >= 0.6 is 24.0 Å². The summed E-state index contributed by atoms with van der Waals surface area (Å²) in [7, 11) is 11.7. The fourth-order valence-electron chi connectivity index (χ4n) is 0.299. The molecule has 0 unspecified atom stereocenters. The molecule has 2 N–H and O–H groups in total. The van der Waals surface area contributed by atoms with Crippen LogP contribution in [-0.4, -0.2) is 71.4 Å². The summed E-state index contributed by atoms with van der Waals surface area (Å²) in [5.74, 6) is 0. The van der Waals surface area contributed by atoms with Crippen LogP contribution in [0, 0.1) is 23.7 Å². The van der Waals surface area contributed by atoms with Crippen LogP contribution in [0.3, 0.4) is 0 Å². The van der Waals surface area contributed by atoms with Gasteiger partial charge in [0.05, 0.1) is 0 Å². The van der Waals surface area contributed by atoms with Crippen LogP contribution in [0.25, 0.3) is 0 Å². The molecule has 0 saturated carbocycles. The number of thioether (sulfide) groups is 1. The Bertz CT molecular complexity index is 276. The average molecular weight is 1460 g/mol. The Hall–Kier alpha value is -3.76. The smallest absolute Gasteiger partial charge is 0.0143 e. The summed E-state index contributed by atoms with van der Waals surface area (Å²) in [6, 6.07) is 1.34. The summed E-state index contributed by atoms with van der Waals surface area (Å²) in [6.07, 6.45) is 0.759. The molecule has 0 amide bonds. The van der Waals surface area contributed by atoms with Gasteiger partial charge in [-0.05, 0) is 49.2 Å². The van der Waals surface area contributed by atoms with Gasteiger partial charge >= 0.3 is 0 Å². The molecule has 0 aromatic heterocycles. The van der Waals surface area contributed by atoms with Crippen LogP contribution in [0.2, 0.25) is 0 Å². The standard InChI is InChI=1S/C6H12NS2.C5H12N.C4H10NO.C3H7O.4Rf/c1-5(7(3)4)9-6(2)8;1-5(2)6(3)4;1-4(6)5(2)3;1-3(2)4;;;;/h1-4H3;1-4H3;6H,1-3H3;4H,1-2H3;;;;/q4*-1;;;;. The van der Waals surface area contributed by atoms with Gasteiger partial charge in [-0.25, -0.2) is 6.10 Å². The van der Waals surface area contributed by atoms with Gasteiger partial charge in [0.15, 0.2) is 0 Å². The summed E-state index contributed by atoms with van der Waals surface area (Å²) in [5, 5.41) is 17.7. The van der Waals surface area contributed by atoms with E-state index in [-0.39, 0.29) is 0 Å². The summed E-state index contributed by atoms with van der Waals surface area (Å²) in [4.78, 5) is 5.78. The first-order chi connectivity index (χ1) is 11.1. The minimum Gasteiger partial charge on any atom is -0.563 e. The van der Waals surface area contributed by atoms with Crippen LogP contribution in [0.5, 0.6) is 0 Å². The first-order valence-electron chi connectivity index (χ1n) is 7.91. The predicted octanol–water partition coefficient (Wildman–Crippen LogP) is 4.62. The van der Waals surface area contributed by atoms with Crippen molar-refractivity contribution in [1.82, 2.24) is 14.7 Å². The molecule has 0 aliphatic carbocycles. The van der Waals surface area contributed by atoms with E-state index in [2.05, 4.69) is 30.6 Å². The first-order valence-corrected chi connectivity index (χ1v) is 9.14. The number of thiocarbonyl (C=S) groups is 1. The molecule has 0 radical (unpaired) electrons. The maximum Gasteiger partial charge on any atom is 0.0143 e. The third-order valence-corrected chi connectivity index (χ3v) is 3.66. The van der Waals surface area contributed by atoms with E-state index >= 15 is 0 Å². The molecule has 11 heteroatoms. The number of hydrogen-bond acceptors (Lipinski definition) is 7. The molecule has 0 spiro atoms. The van der Waals surface area contributed by atoms with Gasteiger partial charge in [-0.2, -0.15) is 46.9 Å². The molecular weight excluding hydrogens is 1420 g/mol. The van der Waals surface area contributed by atoms with Crippen LogP contribution in [0.4, 0.5) is 0 Å². The molecular formula is C18H41N3O2Rf4S2-4. The third kappa shape index (κ3) is 80.0. The van der Waals surface area contributed by atoms with Crippen molar-refractivity contribution in [2.45, 2.75) is 48.5 Å². The number of rotatable bonds is 4. The van der Waals surface area contributed by atoms with E-state index < -0.39 is 0 Å². The second-order valence-corrected chi connectivity index (χ2v) is 8.52. The molecule has 0 saturated heterocycles. The monoisotopic (exact) mass is 1460 g/mol. The summed E-state index contributed by atoms with van der Waals surface area (Å²) in [5.41, 5.74) is 0. The summed E-state index contributed by atoms with van der Waals surface area (Å²) < 4.78 is 0.973. The Morgan fingerprint density at radius 2 is 0.897 bits per heavy atom. The largest absolute Gasteiger partial charge is 0.563 e. The van der Waals surface area contributed by atoms with Crippen LogP contribution in [-0.2, 0) is 0 Å². The third-order valence-electron chi connectivity index (χ3n) is 2.46. The van der Waals surface area contributed by atoms with E-state index in [1.165, 1.54) is 11.4 Å². The van der Waals surface area contributed by atoms with Crippen molar-refractivity contribution >= 4 is 28.2 Å². The fourth-order valence-corrected chi connectivity index (χ4v) is 1.26. The molecule has 0 rings (SSSR count). The number of aliphatic hydroxyl groups excluding tert-OH is 2. The van der Waals surface area contributed by atoms with Gasteiger partial charge in [-0.3, -0.25) is 17.8 Å². The van der Waals surface area contributed by atoms with Crippen molar-refractivity contribution < 1.29 is 10.2 Å². The molecule has 164 valence electrons. The zero-order chi connectivity index (χ0) is 21.3. The Labute approximate surface area is 167 Å². The predicted molar refractivity (Wildman–Crippen MR) is 118 cm³/mol. The average Bonchev–Trinajstić information content (AvgIpc) is 2.38. The fraction of sp³-hybridized carbons (Fsp3) is 0.722. The SMILES string of the molecule is CC(=S)S[C-](C)N(C)C.C[C-](C)N(C)C.C[C-](C)O.C[C-](O)N(C)C.[Rf].[Rf].[Rf].[Rf]. The molecule has 0 fully saturated rings. The van der Waals surface area contributed by atoms with Crippen molar-refractivity contribution in [3.63, 3.8) is 0 Å². The van der Waals surface area contributed by atoms with Crippen LogP contribution < -0.4 is 0 Å². The van der Waals surface area contributed by atoms with Gasteiger partial charge in [-0.1, -0.05) is 12.2 Å². The van der Waals surface area contributed by atoms with E-state index in [4.69, 9.17) is 22.4 Å². The van der Waals surface area contributed by atoms with Crippen molar-refractivity contribution in [2.24, 2.45) is 0 Å². The Kier molecular flexibility index (Phi) is 49.9. The van der Waals surface area contributed by atoms with Crippen molar-refractivity contribution in [2.75, 3.05) is 42.3 Å². The second kappa shape index (κ2) is 29.0. The van der Waals surface area contributed by atoms with E-state index in [1.54, 1.807) is 51.5 Å². The van der Waals surface area contributed by atoms with Crippen LogP contribution in [0.1, 0.15) is 48.5 Å². The molecule has 0 aliphatic heterocycles. The maximum atomic E-state index is 8.47. The maximum absolute atomic E-state index is 8.47. The first kappa shape index (κ1) is 49.9. The molecule has 0 aromatic carbocycles. The Balaban J connectivity index is -0.0000000334. The number of hydrogen-bond donors (Lipinski definition) is 2. The van der Waals surface area contributed by atoms with E-state index in [1.807, 2.05) is 35.1 Å². The van der Waals surface area contributed by atoms with Gasteiger partial charge in [-0.15, -0.1) is 6.23 Å². The van der Waals surface area contributed by atoms with Gasteiger partial charge in [0.2, 0.25) is 0 Å². The normalized spacial score (nSPS) is 9.17. The zero-order valence-electron chi connectivity index (χ0n) is 21.4. The van der Waals surface area contributed by atoms with Gasteiger partial charge < -0.3 is 24.9 Å². The molecule has 29 heavy (non-hydrogen) atoms. The quantitative estimate of drug-likeness (QED) is 0.316. The van der Waals surface area contributed by atoms with Crippen LogP contribution in [0.15, 0.2) is 0 Å². The molecule has 0 heterocycles.